The first-order chi connectivity index (χ1) is 9.72. The number of anilines is 1. The van der Waals surface area contributed by atoms with Crippen molar-refractivity contribution in [2.75, 3.05) is 5.73 Å². The van der Waals surface area contributed by atoms with Crippen LogP contribution in [0.4, 0.5) is 5.69 Å². The Morgan fingerprint density at radius 2 is 1.30 bits per heavy atom. The highest BCUT2D eigenvalue weighted by Crippen LogP contribution is 2.15. The molecule has 1 nitrogen and oxygen atoms in total. The van der Waals surface area contributed by atoms with Gasteiger partial charge in [0.05, 0.1) is 0 Å². The molecule has 0 fully saturated rings. The van der Waals surface area contributed by atoms with Crippen molar-refractivity contribution in [3.63, 3.8) is 0 Å². The van der Waals surface area contributed by atoms with Crippen LogP contribution >= 0.6 is 0 Å². The van der Waals surface area contributed by atoms with Crippen molar-refractivity contribution in [1.29, 1.82) is 0 Å². The second kappa shape index (κ2) is 10.8. The van der Waals surface area contributed by atoms with Crippen LogP contribution in [0, 0.1) is 6.92 Å². The maximum Gasteiger partial charge on any atom is 0.0319 e. The minimum absolute atomic E-state index is 0.909. The van der Waals surface area contributed by atoms with E-state index in [0.29, 0.717) is 0 Å². The van der Waals surface area contributed by atoms with Crippen LogP contribution in [-0.4, -0.2) is 0 Å². The summed E-state index contributed by atoms with van der Waals surface area (Å²) in [5, 5.41) is 0. The fraction of sp³-hybridized carbons (Fsp3) is 0.684. The Hall–Kier alpha value is -0.980. The van der Waals surface area contributed by atoms with Gasteiger partial charge in [-0.25, -0.2) is 0 Å². The third kappa shape index (κ3) is 8.24. The monoisotopic (exact) mass is 275 g/mol. The molecular formula is C19H33N. The molecule has 1 heteroatoms. The van der Waals surface area contributed by atoms with Crippen molar-refractivity contribution in [1.82, 2.24) is 0 Å². The van der Waals surface area contributed by atoms with Crippen LogP contribution in [0.15, 0.2) is 18.2 Å². The van der Waals surface area contributed by atoms with Gasteiger partial charge in [0, 0.05) is 5.69 Å². The van der Waals surface area contributed by atoms with Crippen LogP contribution in [0.5, 0.6) is 0 Å². The summed E-state index contributed by atoms with van der Waals surface area (Å²) in [6, 6.07) is 6.44. The van der Waals surface area contributed by atoms with Gasteiger partial charge in [-0.3, -0.25) is 0 Å². The van der Waals surface area contributed by atoms with Crippen molar-refractivity contribution >= 4 is 5.69 Å². The van der Waals surface area contributed by atoms with Crippen LogP contribution in [-0.2, 0) is 6.42 Å². The fourth-order valence-electron chi connectivity index (χ4n) is 2.86. The quantitative estimate of drug-likeness (QED) is 0.386. The Morgan fingerprint density at radius 3 is 1.85 bits per heavy atom. The topological polar surface area (TPSA) is 26.0 Å². The van der Waals surface area contributed by atoms with Crippen LogP contribution < -0.4 is 5.73 Å². The number of benzene rings is 1. The lowest BCUT2D eigenvalue weighted by Crippen LogP contribution is -1.92. The zero-order chi connectivity index (χ0) is 14.6. The lowest BCUT2D eigenvalue weighted by atomic mass is 10.0. The minimum Gasteiger partial charge on any atom is -0.399 e. The van der Waals surface area contributed by atoms with Crippen molar-refractivity contribution in [3.8, 4) is 0 Å². The van der Waals surface area contributed by atoms with Gasteiger partial charge in [0.25, 0.3) is 0 Å². The molecular weight excluding hydrogens is 242 g/mol. The Kier molecular flexibility index (Phi) is 9.19. The standard InChI is InChI=1S/C19H33N/c1-3-4-5-6-7-8-9-10-11-12-13-18-14-17(2)15-19(20)16-18/h14-16H,3-13,20H2,1-2H3. The number of nitrogen functional groups attached to an aromatic ring is 1. The van der Waals surface area contributed by atoms with E-state index in [1.54, 1.807) is 0 Å². The van der Waals surface area contributed by atoms with Crippen LogP contribution in [0.2, 0.25) is 0 Å². The van der Waals surface area contributed by atoms with Crippen molar-refractivity contribution < 1.29 is 0 Å². The van der Waals surface area contributed by atoms with Crippen LogP contribution in [0.1, 0.15) is 82.3 Å². The number of hydrogen-bond donors (Lipinski definition) is 1. The highest BCUT2D eigenvalue weighted by molar-refractivity contribution is 5.44. The van der Waals surface area contributed by atoms with E-state index in [0.717, 1.165) is 5.69 Å². The molecule has 0 aliphatic rings. The van der Waals surface area contributed by atoms with Gasteiger partial charge >= 0.3 is 0 Å². The molecule has 0 heterocycles. The molecule has 114 valence electrons. The number of hydrogen-bond acceptors (Lipinski definition) is 1. The molecule has 0 atom stereocenters. The van der Waals surface area contributed by atoms with E-state index in [1.165, 1.54) is 81.8 Å². The van der Waals surface area contributed by atoms with E-state index in [2.05, 4.69) is 26.0 Å². The van der Waals surface area contributed by atoms with Gasteiger partial charge in [-0.15, -0.1) is 0 Å². The summed E-state index contributed by atoms with van der Waals surface area (Å²) in [5.41, 5.74) is 9.48. The number of unbranched alkanes of at least 4 members (excludes halogenated alkanes) is 9. The summed E-state index contributed by atoms with van der Waals surface area (Å²) in [6.45, 7) is 4.40. The van der Waals surface area contributed by atoms with Gasteiger partial charge in [-0.2, -0.15) is 0 Å². The van der Waals surface area contributed by atoms with Gasteiger partial charge in [-0.1, -0.05) is 70.8 Å². The first-order valence-electron chi connectivity index (χ1n) is 8.58. The molecule has 0 aliphatic heterocycles. The molecule has 0 bridgehead atoms. The van der Waals surface area contributed by atoms with E-state index in [4.69, 9.17) is 5.73 Å². The van der Waals surface area contributed by atoms with Crippen LogP contribution in [0.3, 0.4) is 0 Å². The molecule has 0 saturated carbocycles. The molecule has 1 rings (SSSR count). The summed E-state index contributed by atoms with van der Waals surface area (Å²) in [5.74, 6) is 0. The molecule has 1 aromatic rings. The number of aryl methyl sites for hydroxylation is 2. The summed E-state index contributed by atoms with van der Waals surface area (Å²) in [6.07, 6.45) is 15.2. The smallest absolute Gasteiger partial charge is 0.0319 e. The Morgan fingerprint density at radius 1 is 0.750 bits per heavy atom. The highest BCUT2D eigenvalue weighted by atomic mass is 14.5. The highest BCUT2D eigenvalue weighted by Gasteiger charge is 1.97. The third-order valence-corrected chi connectivity index (χ3v) is 3.98. The van der Waals surface area contributed by atoms with Gasteiger partial charge in [0.2, 0.25) is 0 Å². The van der Waals surface area contributed by atoms with E-state index in [-0.39, 0.29) is 0 Å². The maximum absolute atomic E-state index is 5.88. The summed E-state index contributed by atoms with van der Waals surface area (Å²) in [7, 11) is 0. The summed E-state index contributed by atoms with van der Waals surface area (Å²) in [4.78, 5) is 0. The van der Waals surface area contributed by atoms with Crippen molar-refractivity contribution in [3.05, 3.63) is 29.3 Å². The number of rotatable bonds is 11. The summed E-state index contributed by atoms with van der Waals surface area (Å²) >= 11 is 0. The van der Waals surface area contributed by atoms with Crippen molar-refractivity contribution in [2.45, 2.75) is 84.5 Å². The molecule has 0 aromatic heterocycles. The average Bonchev–Trinajstić information content (AvgIpc) is 2.40. The predicted molar refractivity (Wildman–Crippen MR) is 91.1 cm³/mol. The second-order valence-electron chi connectivity index (χ2n) is 6.18. The molecule has 2 N–H and O–H groups in total. The second-order valence-corrected chi connectivity index (χ2v) is 6.18. The van der Waals surface area contributed by atoms with Crippen molar-refractivity contribution in [2.24, 2.45) is 0 Å². The van der Waals surface area contributed by atoms with Gasteiger partial charge in [-0.05, 0) is 43.0 Å². The predicted octanol–water partition coefficient (Wildman–Crippen LogP) is 6.04. The Bertz CT molecular complexity index is 337. The zero-order valence-electron chi connectivity index (χ0n) is 13.6. The number of nitrogens with two attached hydrogens (primary N) is 1. The van der Waals surface area contributed by atoms with Gasteiger partial charge < -0.3 is 5.73 Å². The van der Waals surface area contributed by atoms with Gasteiger partial charge in [0.1, 0.15) is 0 Å². The van der Waals surface area contributed by atoms with E-state index < -0.39 is 0 Å². The Balaban J connectivity index is 1.97. The van der Waals surface area contributed by atoms with E-state index >= 15 is 0 Å². The fourth-order valence-corrected chi connectivity index (χ4v) is 2.86. The first kappa shape index (κ1) is 17.1. The Labute approximate surface area is 126 Å². The first-order valence-corrected chi connectivity index (χ1v) is 8.58. The van der Waals surface area contributed by atoms with E-state index in [1.807, 2.05) is 6.07 Å². The lowest BCUT2D eigenvalue weighted by Gasteiger charge is -2.05. The molecule has 0 aliphatic carbocycles. The largest absolute Gasteiger partial charge is 0.399 e. The minimum atomic E-state index is 0.909. The summed E-state index contributed by atoms with van der Waals surface area (Å²) < 4.78 is 0. The average molecular weight is 275 g/mol. The normalized spacial score (nSPS) is 10.9. The molecule has 20 heavy (non-hydrogen) atoms. The molecule has 0 amide bonds. The van der Waals surface area contributed by atoms with Gasteiger partial charge in [0.15, 0.2) is 0 Å². The lowest BCUT2D eigenvalue weighted by molar-refractivity contribution is 0.556. The van der Waals surface area contributed by atoms with E-state index in [9.17, 15) is 0 Å². The molecule has 0 radical (unpaired) electrons. The van der Waals surface area contributed by atoms with Crippen LogP contribution in [0.25, 0.3) is 0 Å². The molecule has 1 aromatic carbocycles. The molecule has 0 unspecified atom stereocenters. The third-order valence-electron chi connectivity index (χ3n) is 3.98. The molecule has 0 saturated heterocycles. The molecule has 0 spiro atoms. The zero-order valence-corrected chi connectivity index (χ0v) is 13.6. The SMILES string of the molecule is CCCCCCCCCCCCc1cc(C)cc(N)c1. The maximum atomic E-state index is 5.88.